The van der Waals surface area contributed by atoms with E-state index in [2.05, 4.69) is 9.73 Å². The van der Waals surface area contributed by atoms with E-state index in [9.17, 15) is 14.7 Å². The molecule has 1 atom stereocenters. The Morgan fingerprint density at radius 1 is 1.40 bits per heavy atom. The normalized spacial score (nSPS) is 20.9. The number of nitrogens with zero attached hydrogens (tertiary/aromatic N) is 1. The van der Waals surface area contributed by atoms with Gasteiger partial charge in [-0.2, -0.15) is 0 Å². The van der Waals surface area contributed by atoms with Crippen molar-refractivity contribution >= 4 is 34.3 Å². The van der Waals surface area contributed by atoms with Crippen LogP contribution in [0.15, 0.2) is 34.8 Å². The molecule has 3 rings (SSSR count). The maximum atomic E-state index is 12.3. The average molecular weight is 289 g/mol. The van der Waals surface area contributed by atoms with E-state index in [1.807, 2.05) is 0 Å². The lowest BCUT2D eigenvalue weighted by molar-refractivity contribution is -0.139. The highest BCUT2D eigenvalue weighted by molar-refractivity contribution is 8.16. The van der Waals surface area contributed by atoms with Crippen LogP contribution < -0.4 is 0 Å². The number of ketones is 1. The van der Waals surface area contributed by atoms with E-state index >= 15 is 0 Å². The molecule has 1 N–H and O–H groups in total. The number of ether oxygens (including phenoxy) is 1. The lowest BCUT2D eigenvalue weighted by Gasteiger charge is -2.05. The van der Waals surface area contributed by atoms with Crippen molar-refractivity contribution in [1.29, 1.82) is 0 Å². The smallest absolute Gasteiger partial charge is 0.321 e. The van der Waals surface area contributed by atoms with E-state index in [1.165, 1.54) is 7.11 Å². The fraction of sp³-hybridized carbons (Fsp3) is 0.214. The van der Waals surface area contributed by atoms with Gasteiger partial charge in [-0.3, -0.25) is 14.6 Å². The number of fused-ring (bicyclic) bond motifs is 1. The molecule has 0 amide bonds. The average Bonchev–Trinajstić information content (AvgIpc) is 3.03. The second kappa shape index (κ2) is 4.79. The van der Waals surface area contributed by atoms with Crippen molar-refractivity contribution in [3.63, 3.8) is 0 Å². The molecule has 0 radical (unpaired) electrons. The fourth-order valence-electron chi connectivity index (χ4n) is 2.23. The first-order chi connectivity index (χ1) is 9.63. The van der Waals surface area contributed by atoms with Gasteiger partial charge in [-0.05, 0) is 0 Å². The van der Waals surface area contributed by atoms with Crippen LogP contribution in [0.2, 0.25) is 0 Å². The fourth-order valence-corrected chi connectivity index (χ4v) is 3.30. The molecule has 102 valence electrons. The topological polar surface area (TPSA) is 76.0 Å². The number of benzene rings is 1. The second-order valence-electron chi connectivity index (χ2n) is 4.37. The number of carbonyl (C=O) groups is 2. The lowest BCUT2D eigenvalue weighted by atomic mass is 10.1. The number of thioether (sulfide) groups is 1. The summed E-state index contributed by atoms with van der Waals surface area (Å²) in [5, 5.41) is 10.2. The summed E-state index contributed by atoms with van der Waals surface area (Å²) >= 11 is 1.16. The van der Waals surface area contributed by atoms with Crippen molar-refractivity contribution in [3.8, 4) is 0 Å². The summed E-state index contributed by atoms with van der Waals surface area (Å²) in [6.45, 7) is 0.257. The van der Waals surface area contributed by atoms with Crippen LogP contribution in [-0.4, -0.2) is 40.8 Å². The molecule has 1 aromatic rings. The first-order valence-corrected chi connectivity index (χ1v) is 6.88. The highest BCUT2D eigenvalue weighted by Gasteiger charge is 2.37. The van der Waals surface area contributed by atoms with Crippen molar-refractivity contribution in [1.82, 2.24) is 0 Å². The number of aliphatic hydroxyl groups excluding tert-OH is 1. The molecule has 2 aliphatic rings. The lowest BCUT2D eigenvalue weighted by Crippen LogP contribution is -2.19. The zero-order valence-corrected chi connectivity index (χ0v) is 11.4. The van der Waals surface area contributed by atoms with Crippen molar-refractivity contribution in [3.05, 3.63) is 41.0 Å². The Morgan fingerprint density at radius 2 is 2.10 bits per heavy atom. The third-order valence-corrected chi connectivity index (χ3v) is 4.41. The number of carbonyl (C=O) groups excluding carboxylic acids is 2. The third kappa shape index (κ3) is 1.84. The minimum absolute atomic E-state index is 0.0673. The van der Waals surface area contributed by atoms with Crippen LogP contribution in [0.4, 0.5) is 0 Å². The molecular formula is C14H11NO4S. The minimum Gasteiger partial charge on any atom is -0.506 e. The Kier molecular flexibility index (Phi) is 3.10. The zero-order chi connectivity index (χ0) is 14.3. The summed E-state index contributed by atoms with van der Waals surface area (Å²) in [6.07, 6.45) is 0. The zero-order valence-electron chi connectivity index (χ0n) is 10.6. The first-order valence-electron chi connectivity index (χ1n) is 6.00. The van der Waals surface area contributed by atoms with Crippen molar-refractivity contribution < 1.29 is 19.4 Å². The number of rotatable bonds is 2. The summed E-state index contributed by atoms with van der Waals surface area (Å²) < 4.78 is 4.66. The van der Waals surface area contributed by atoms with Gasteiger partial charge in [0.05, 0.1) is 19.2 Å². The SMILES string of the molecule is COC(=O)[C@H]1CN=C(C2=C(O)c3ccccc3C2=O)S1. The number of esters is 1. The molecule has 1 aliphatic carbocycles. The summed E-state index contributed by atoms with van der Waals surface area (Å²) in [7, 11) is 1.31. The molecule has 0 saturated heterocycles. The maximum absolute atomic E-state index is 12.3. The summed E-state index contributed by atoms with van der Waals surface area (Å²) in [5.41, 5.74) is 1.16. The van der Waals surface area contributed by atoms with Crippen LogP contribution in [0.5, 0.6) is 0 Å². The molecule has 0 unspecified atom stereocenters. The molecule has 5 nitrogen and oxygen atoms in total. The Balaban J connectivity index is 1.92. The number of hydrogen-bond donors (Lipinski definition) is 1. The van der Waals surface area contributed by atoms with Gasteiger partial charge in [0.1, 0.15) is 16.1 Å². The van der Waals surface area contributed by atoms with Crippen molar-refractivity contribution in [2.45, 2.75) is 5.25 Å². The standard InChI is InChI=1S/C14H11NO4S/c1-19-14(18)9-6-15-13(20-9)10-11(16)7-4-2-3-5-8(7)12(10)17/h2-5,9,16H,6H2,1H3/t9-/m1/s1. The first kappa shape index (κ1) is 12.9. The van der Waals surface area contributed by atoms with E-state index in [-0.39, 0.29) is 29.6 Å². The number of methoxy groups -OCH3 is 1. The molecule has 0 spiro atoms. The Hall–Kier alpha value is -2.08. The highest BCUT2D eigenvalue weighted by atomic mass is 32.2. The molecule has 0 fully saturated rings. The van der Waals surface area contributed by atoms with Crippen molar-refractivity contribution in [2.24, 2.45) is 4.99 Å². The number of aliphatic imine (C=N–C) groups is 1. The summed E-state index contributed by atoms with van der Waals surface area (Å²) in [5.74, 6) is -0.700. The Bertz CT molecular complexity index is 678. The molecule has 1 aromatic carbocycles. The van der Waals surface area contributed by atoms with Crippen LogP contribution in [-0.2, 0) is 9.53 Å². The van der Waals surface area contributed by atoms with E-state index in [4.69, 9.17) is 0 Å². The number of Topliss-reactive ketones (excluding diaryl/α,β-unsaturated/α-hetero) is 1. The number of aliphatic hydroxyl groups is 1. The van der Waals surface area contributed by atoms with Gasteiger partial charge in [0.15, 0.2) is 5.78 Å². The highest BCUT2D eigenvalue weighted by Crippen LogP contribution is 2.37. The van der Waals surface area contributed by atoms with Gasteiger partial charge >= 0.3 is 5.97 Å². The van der Waals surface area contributed by atoms with Crippen LogP contribution in [0.25, 0.3) is 5.76 Å². The predicted octanol–water partition coefficient (Wildman–Crippen LogP) is 1.84. The molecular weight excluding hydrogens is 278 g/mol. The Morgan fingerprint density at radius 3 is 2.75 bits per heavy atom. The van der Waals surface area contributed by atoms with Gasteiger partial charge in [0.25, 0.3) is 0 Å². The van der Waals surface area contributed by atoms with Crippen LogP contribution >= 0.6 is 11.8 Å². The number of hydrogen-bond acceptors (Lipinski definition) is 6. The third-order valence-electron chi connectivity index (χ3n) is 3.22. The molecule has 0 bridgehead atoms. The minimum atomic E-state index is -0.452. The van der Waals surface area contributed by atoms with Crippen LogP contribution in [0.3, 0.4) is 0 Å². The van der Waals surface area contributed by atoms with Gasteiger partial charge in [-0.25, -0.2) is 0 Å². The van der Waals surface area contributed by atoms with Gasteiger partial charge in [-0.15, -0.1) is 0 Å². The van der Waals surface area contributed by atoms with E-state index < -0.39 is 5.25 Å². The molecule has 20 heavy (non-hydrogen) atoms. The van der Waals surface area contributed by atoms with E-state index in [0.29, 0.717) is 16.2 Å². The Labute approximate surface area is 119 Å². The summed E-state index contributed by atoms with van der Waals surface area (Å²) in [6, 6.07) is 6.85. The molecule has 1 aliphatic heterocycles. The van der Waals surface area contributed by atoms with Crippen LogP contribution in [0, 0.1) is 0 Å². The molecule has 6 heteroatoms. The van der Waals surface area contributed by atoms with Gasteiger partial charge in [-0.1, -0.05) is 36.0 Å². The predicted molar refractivity (Wildman–Crippen MR) is 76.0 cm³/mol. The van der Waals surface area contributed by atoms with Gasteiger partial charge in [0.2, 0.25) is 0 Å². The van der Waals surface area contributed by atoms with Crippen LogP contribution in [0.1, 0.15) is 15.9 Å². The molecule has 0 saturated carbocycles. The van der Waals surface area contributed by atoms with E-state index in [0.717, 1.165) is 11.8 Å². The largest absolute Gasteiger partial charge is 0.506 e. The molecule has 1 heterocycles. The maximum Gasteiger partial charge on any atom is 0.321 e. The van der Waals surface area contributed by atoms with Gasteiger partial charge < -0.3 is 9.84 Å². The monoisotopic (exact) mass is 289 g/mol. The van der Waals surface area contributed by atoms with Crippen molar-refractivity contribution in [2.75, 3.05) is 13.7 Å². The summed E-state index contributed by atoms with van der Waals surface area (Å²) in [4.78, 5) is 28.0. The van der Waals surface area contributed by atoms with Gasteiger partial charge in [0, 0.05) is 11.1 Å². The quantitative estimate of drug-likeness (QED) is 0.841. The second-order valence-corrected chi connectivity index (χ2v) is 5.57. The molecule has 0 aromatic heterocycles. The van der Waals surface area contributed by atoms with E-state index in [1.54, 1.807) is 24.3 Å².